The van der Waals surface area contributed by atoms with Crippen LogP contribution < -0.4 is 0 Å². The third kappa shape index (κ3) is 5.03. The van der Waals surface area contributed by atoms with Crippen molar-refractivity contribution < 1.29 is 29.5 Å². The molecule has 0 aromatic carbocycles. The van der Waals surface area contributed by atoms with Crippen LogP contribution in [0.1, 0.15) is 24.3 Å². The minimum atomic E-state index is -2.22. The first kappa shape index (κ1) is 16.2. The first-order chi connectivity index (χ1) is 9.41. The van der Waals surface area contributed by atoms with E-state index in [0.29, 0.717) is 5.56 Å². The Morgan fingerprint density at radius 3 is 2.35 bits per heavy atom. The zero-order valence-electron chi connectivity index (χ0n) is 10.5. The quantitative estimate of drug-likeness (QED) is 0.621. The van der Waals surface area contributed by atoms with E-state index in [1.165, 1.54) is 24.5 Å². The average Bonchev–Trinajstić information content (AvgIpc) is 2.42. The summed E-state index contributed by atoms with van der Waals surface area (Å²) in [4.78, 5) is 25.2. The number of hydrogen-bond donors (Lipinski definition) is 3. The molecule has 0 aliphatic rings. The third-order valence-corrected chi connectivity index (χ3v) is 4.38. The number of hydrogen-bond acceptors (Lipinski definition) is 5. The number of nitrogens with zero attached hydrogens (tertiary/aromatic N) is 1. The molecule has 7 nitrogen and oxygen atoms in total. The van der Waals surface area contributed by atoms with Gasteiger partial charge in [-0.2, -0.15) is 0 Å². The van der Waals surface area contributed by atoms with Gasteiger partial charge in [-0.05, 0) is 18.6 Å². The lowest BCUT2D eigenvalue weighted by Gasteiger charge is -2.06. The van der Waals surface area contributed by atoms with E-state index >= 15 is 0 Å². The third-order valence-electron chi connectivity index (χ3n) is 2.73. The van der Waals surface area contributed by atoms with Crippen molar-refractivity contribution in [3.05, 3.63) is 30.1 Å². The van der Waals surface area contributed by atoms with Crippen LogP contribution in [-0.4, -0.2) is 38.4 Å². The van der Waals surface area contributed by atoms with Gasteiger partial charge in [0.25, 0.3) is 5.85 Å². The van der Waals surface area contributed by atoms with Crippen LogP contribution in [0.15, 0.2) is 24.5 Å². The fraction of sp³-hybridized carbons (Fsp3) is 0.417. The molecule has 1 heterocycles. The van der Waals surface area contributed by atoms with Crippen LogP contribution in [0.5, 0.6) is 0 Å². The topological polar surface area (TPSA) is 125 Å². The lowest BCUT2D eigenvalue weighted by atomic mass is 10.1. The molecular formula is C12H15NO6P+. The Morgan fingerprint density at radius 1 is 1.25 bits per heavy atom. The molecule has 3 N–H and O–H groups in total. The standard InChI is InChI=1S/C12H14NO6P/c14-10(15)2-1-9(11(16)17)7-20(19)12(18)8-3-5-13-6-4-8/h3-6,9,12,18H,1-2,7H2,(H-,14,15,16,17)/p+1. The first-order valence-corrected chi connectivity index (χ1v) is 7.39. The van der Waals surface area contributed by atoms with Gasteiger partial charge in [-0.3, -0.25) is 14.6 Å². The van der Waals surface area contributed by atoms with Crippen LogP contribution in [0.2, 0.25) is 0 Å². The molecule has 0 amide bonds. The van der Waals surface area contributed by atoms with Gasteiger partial charge in [0.15, 0.2) is 6.16 Å². The van der Waals surface area contributed by atoms with Crippen molar-refractivity contribution in [3.8, 4) is 0 Å². The summed E-state index contributed by atoms with van der Waals surface area (Å²) in [5, 5.41) is 27.4. The molecule has 20 heavy (non-hydrogen) atoms. The predicted octanol–water partition coefficient (Wildman–Crippen LogP) is 1.47. The molecule has 0 radical (unpaired) electrons. The molecule has 3 atom stereocenters. The van der Waals surface area contributed by atoms with Gasteiger partial charge in [0, 0.05) is 24.4 Å². The molecule has 0 bridgehead atoms. The van der Waals surface area contributed by atoms with Gasteiger partial charge in [0.2, 0.25) is 0 Å². The van der Waals surface area contributed by atoms with Crippen molar-refractivity contribution in [1.29, 1.82) is 0 Å². The zero-order chi connectivity index (χ0) is 15.1. The van der Waals surface area contributed by atoms with Crippen LogP contribution in [-0.2, 0) is 14.2 Å². The molecule has 0 spiro atoms. The van der Waals surface area contributed by atoms with E-state index < -0.39 is 31.5 Å². The molecule has 0 aliphatic heterocycles. The summed E-state index contributed by atoms with van der Waals surface area (Å²) in [6.45, 7) is 0. The molecule has 1 aromatic heterocycles. The summed E-state index contributed by atoms with van der Waals surface area (Å²) in [5.74, 6) is -4.65. The molecule has 0 saturated heterocycles. The van der Waals surface area contributed by atoms with E-state index in [1.807, 2.05) is 0 Å². The normalized spacial score (nSPS) is 14.3. The lowest BCUT2D eigenvalue weighted by molar-refractivity contribution is -0.142. The van der Waals surface area contributed by atoms with Gasteiger partial charge in [0.1, 0.15) is 5.92 Å². The second-order valence-corrected chi connectivity index (χ2v) is 5.91. The predicted molar refractivity (Wildman–Crippen MR) is 69.7 cm³/mol. The van der Waals surface area contributed by atoms with Gasteiger partial charge in [-0.15, -0.1) is 0 Å². The molecule has 1 rings (SSSR count). The number of pyridine rings is 1. The maximum Gasteiger partial charge on any atom is 0.376 e. The smallest absolute Gasteiger partial charge is 0.376 e. The maximum atomic E-state index is 12.0. The summed E-state index contributed by atoms with van der Waals surface area (Å²) in [5.41, 5.74) is 0.392. The lowest BCUT2D eigenvalue weighted by Crippen LogP contribution is -2.18. The van der Waals surface area contributed by atoms with Gasteiger partial charge >= 0.3 is 19.7 Å². The highest BCUT2D eigenvalue weighted by molar-refractivity contribution is 7.44. The second-order valence-electron chi connectivity index (χ2n) is 4.22. The van der Waals surface area contributed by atoms with Crippen LogP contribution in [0.3, 0.4) is 0 Å². The highest BCUT2D eigenvalue weighted by atomic mass is 31.1. The Morgan fingerprint density at radius 2 is 1.85 bits per heavy atom. The van der Waals surface area contributed by atoms with Gasteiger partial charge < -0.3 is 15.3 Å². The van der Waals surface area contributed by atoms with Crippen molar-refractivity contribution in [1.82, 2.24) is 4.98 Å². The Bertz CT molecular complexity index is 492. The van der Waals surface area contributed by atoms with E-state index in [1.54, 1.807) is 0 Å². The number of aromatic nitrogens is 1. The first-order valence-electron chi connectivity index (χ1n) is 5.88. The van der Waals surface area contributed by atoms with Gasteiger partial charge in [0.05, 0.1) is 0 Å². The Balaban J connectivity index is 2.66. The van der Waals surface area contributed by atoms with Crippen LogP contribution in [0.4, 0.5) is 0 Å². The molecule has 0 aliphatic carbocycles. The zero-order valence-corrected chi connectivity index (χ0v) is 11.4. The summed E-state index contributed by atoms with van der Waals surface area (Å²) < 4.78 is 12.0. The Labute approximate surface area is 116 Å². The summed E-state index contributed by atoms with van der Waals surface area (Å²) in [7, 11) is -2.22. The molecule has 1 aromatic rings. The minimum Gasteiger partial charge on any atom is -0.481 e. The van der Waals surface area contributed by atoms with E-state index in [-0.39, 0.29) is 19.0 Å². The number of aliphatic carboxylic acids is 2. The summed E-state index contributed by atoms with van der Waals surface area (Å²) in [6.07, 6.45) is 2.17. The van der Waals surface area contributed by atoms with Gasteiger partial charge in [-0.25, -0.2) is 0 Å². The summed E-state index contributed by atoms with van der Waals surface area (Å²) in [6, 6.07) is 2.98. The highest BCUT2D eigenvalue weighted by Gasteiger charge is 2.35. The Hall–Kier alpha value is -1.85. The van der Waals surface area contributed by atoms with Gasteiger partial charge in [-0.1, -0.05) is 4.57 Å². The van der Waals surface area contributed by atoms with Crippen molar-refractivity contribution in [2.75, 3.05) is 6.16 Å². The second kappa shape index (κ2) is 7.67. The van der Waals surface area contributed by atoms with Crippen LogP contribution in [0.25, 0.3) is 0 Å². The Kier molecular flexibility index (Phi) is 6.21. The fourth-order valence-electron chi connectivity index (χ4n) is 1.61. The van der Waals surface area contributed by atoms with Crippen molar-refractivity contribution in [2.24, 2.45) is 5.92 Å². The number of aliphatic hydroxyl groups is 1. The molecule has 0 saturated carbocycles. The molecule has 0 fully saturated rings. The SMILES string of the molecule is O=C(O)CCC(C[P+](=O)C(O)c1ccncc1)C(=O)O. The van der Waals surface area contributed by atoms with E-state index in [2.05, 4.69) is 4.98 Å². The minimum absolute atomic E-state index is 0.116. The van der Waals surface area contributed by atoms with Crippen LogP contribution in [0, 0.1) is 5.92 Å². The molecule has 108 valence electrons. The number of carbonyl (C=O) groups is 2. The monoisotopic (exact) mass is 300 g/mol. The van der Waals surface area contributed by atoms with Crippen molar-refractivity contribution in [2.45, 2.75) is 18.7 Å². The number of aliphatic hydroxyl groups excluding tert-OH is 1. The maximum absolute atomic E-state index is 12.0. The number of rotatable bonds is 8. The van der Waals surface area contributed by atoms with Crippen LogP contribution >= 0.6 is 7.80 Å². The van der Waals surface area contributed by atoms with Crippen molar-refractivity contribution in [3.63, 3.8) is 0 Å². The number of carboxylic acids is 2. The molecule has 3 unspecified atom stereocenters. The fourth-order valence-corrected chi connectivity index (χ4v) is 3.09. The average molecular weight is 300 g/mol. The van der Waals surface area contributed by atoms with E-state index in [0.717, 1.165) is 0 Å². The number of carboxylic acid groups (broad SMARTS) is 2. The van der Waals surface area contributed by atoms with E-state index in [4.69, 9.17) is 10.2 Å². The highest BCUT2D eigenvalue weighted by Crippen LogP contribution is 2.40. The summed E-state index contributed by atoms with van der Waals surface area (Å²) >= 11 is 0. The molecular weight excluding hydrogens is 285 g/mol. The largest absolute Gasteiger partial charge is 0.481 e. The van der Waals surface area contributed by atoms with E-state index in [9.17, 15) is 19.3 Å². The molecule has 8 heteroatoms. The van der Waals surface area contributed by atoms with Crippen molar-refractivity contribution >= 4 is 19.7 Å².